The van der Waals surface area contributed by atoms with Crippen LogP contribution in [-0.2, 0) is 0 Å². The smallest absolute Gasteiger partial charge is 0.119 e. The first-order valence-electron chi connectivity index (χ1n) is 6.87. The van der Waals surface area contributed by atoms with Gasteiger partial charge in [0.1, 0.15) is 5.75 Å². The van der Waals surface area contributed by atoms with Crippen molar-refractivity contribution < 1.29 is 9.84 Å². The third-order valence-corrected chi connectivity index (χ3v) is 4.20. The molecule has 112 valence electrons. The Hall–Kier alpha value is -1.16. The van der Waals surface area contributed by atoms with Crippen molar-refractivity contribution in [1.29, 1.82) is 0 Å². The second kappa shape index (κ2) is 7.74. The quantitative estimate of drug-likeness (QED) is 0.763. The van der Waals surface area contributed by atoms with Crippen LogP contribution < -0.4 is 4.74 Å². The predicted molar refractivity (Wildman–Crippen MR) is 89.3 cm³/mol. The molecule has 4 heteroatoms. The minimum atomic E-state index is -0.501. The van der Waals surface area contributed by atoms with E-state index in [9.17, 15) is 5.11 Å². The van der Waals surface area contributed by atoms with Crippen molar-refractivity contribution in [2.75, 3.05) is 5.75 Å². The highest BCUT2D eigenvalue weighted by molar-refractivity contribution is 7.99. The molecular formula is C17H19ClO2S. The molecule has 0 bridgehead atoms. The molecule has 0 radical (unpaired) electrons. The average Bonchev–Trinajstić information content (AvgIpc) is 2.46. The Balaban J connectivity index is 1.90. The third kappa shape index (κ3) is 5.27. The minimum absolute atomic E-state index is 0.154. The standard InChI is InChI=1S/C17H19ClO2S/c1-12(2)20-15-7-3-13(4-8-15)17(19)11-21-16-9-5-14(18)6-10-16/h3-10,12,17,19H,11H2,1-2H3. The van der Waals surface area contributed by atoms with Crippen LogP contribution in [0.4, 0.5) is 0 Å². The summed E-state index contributed by atoms with van der Waals surface area (Å²) in [6, 6.07) is 15.2. The summed E-state index contributed by atoms with van der Waals surface area (Å²) >= 11 is 7.46. The van der Waals surface area contributed by atoms with Crippen LogP contribution in [0.2, 0.25) is 5.02 Å². The zero-order chi connectivity index (χ0) is 15.2. The zero-order valence-electron chi connectivity index (χ0n) is 12.1. The van der Waals surface area contributed by atoms with Crippen LogP contribution in [0.5, 0.6) is 5.75 Å². The normalized spacial score (nSPS) is 12.4. The highest BCUT2D eigenvalue weighted by Crippen LogP contribution is 2.26. The zero-order valence-corrected chi connectivity index (χ0v) is 13.7. The molecule has 0 heterocycles. The van der Waals surface area contributed by atoms with E-state index in [2.05, 4.69) is 0 Å². The summed E-state index contributed by atoms with van der Waals surface area (Å²) in [7, 11) is 0. The van der Waals surface area contributed by atoms with Crippen molar-refractivity contribution in [3.05, 3.63) is 59.1 Å². The first-order valence-corrected chi connectivity index (χ1v) is 8.24. The molecule has 0 aromatic heterocycles. The summed E-state index contributed by atoms with van der Waals surface area (Å²) in [5.41, 5.74) is 0.896. The molecule has 2 rings (SSSR count). The van der Waals surface area contributed by atoms with E-state index < -0.39 is 6.10 Å². The summed E-state index contributed by atoms with van der Waals surface area (Å²) in [5.74, 6) is 1.43. The Morgan fingerprint density at radius 3 is 2.24 bits per heavy atom. The van der Waals surface area contributed by atoms with Crippen LogP contribution in [0.25, 0.3) is 0 Å². The van der Waals surface area contributed by atoms with Gasteiger partial charge in [0.25, 0.3) is 0 Å². The molecule has 1 atom stereocenters. The lowest BCUT2D eigenvalue weighted by Gasteiger charge is -2.13. The minimum Gasteiger partial charge on any atom is -0.491 e. The lowest BCUT2D eigenvalue weighted by Crippen LogP contribution is -2.06. The van der Waals surface area contributed by atoms with Gasteiger partial charge in [0.15, 0.2) is 0 Å². The van der Waals surface area contributed by atoms with Gasteiger partial charge in [-0.2, -0.15) is 0 Å². The third-order valence-electron chi connectivity index (χ3n) is 2.86. The van der Waals surface area contributed by atoms with Crippen LogP contribution in [0.15, 0.2) is 53.4 Å². The molecule has 21 heavy (non-hydrogen) atoms. The lowest BCUT2D eigenvalue weighted by atomic mass is 10.1. The molecule has 2 aromatic rings. The van der Waals surface area contributed by atoms with Gasteiger partial charge in [-0.05, 0) is 55.8 Å². The molecule has 0 aliphatic heterocycles. The van der Waals surface area contributed by atoms with E-state index in [0.717, 1.165) is 21.2 Å². The maximum Gasteiger partial charge on any atom is 0.119 e. The van der Waals surface area contributed by atoms with E-state index in [1.165, 1.54) is 0 Å². The molecule has 0 aliphatic rings. The van der Waals surface area contributed by atoms with Gasteiger partial charge in [-0.1, -0.05) is 23.7 Å². The number of ether oxygens (including phenoxy) is 1. The SMILES string of the molecule is CC(C)Oc1ccc(C(O)CSc2ccc(Cl)cc2)cc1. The van der Waals surface area contributed by atoms with Gasteiger partial charge < -0.3 is 9.84 Å². The molecule has 2 aromatic carbocycles. The van der Waals surface area contributed by atoms with Gasteiger partial charge in [-0.15, -0.1) is 11.8 Å². The molecule has 0 saturated heterocycles. The van der Waals surface area contributed by atoms with Crippen LogP contribution in [0.1, 0.15) is 25.5 Å². The number of aliphatic hydroxyl groups excluding tert-OH is 1. The number of hydrogen-bond donors (Lipinski definition) is 1. The van der Waals surface area contributed by atoms with Gasteiger partial charge in [-0.25, -0.2) is 0 Å². The highest BCUT2D eigenvalue weighted by Gasteiger charge is 2.09. The number of aliphatic hydroxyl groups is 1. The summed E-state index contributed by atoms with van der Waals surface area (Å²) in [6.07, 6.45) is -0.347. The van der Waals surface area contributed by atoms with Crippen molar-refractivity contribution in [1.82, 2.24) is 0 Å². The predicted octanol–water partition coefficient (Wildman–Crippen LogP) is 4.95. The molecule has 1 N–H and O–H groups in total. The van der Waals surface area contributed by atoms with Crippen molar-refractivity contribution >= 4 is 23.4 Å². The maximum atomic E-state index is 10.2. The van der Waals surface area contributed by atoms with Crippen molar-refractivity contribution in [3.8, 4) is 5.75 Å². The van der Waals surface area contributed by atoms with E-state index in [0.29, 0.717) is 5.75 Å². The van der Waals surface area contributed by atoms with Crippen LogP contribution in [-0.4, -0.2) is 17.0 Å². The van der Waals surface area contributed by atoms with Gasteiger partial charge in [0.2, 0.25) is 0 Å². The number of hydrogen-bond acceptors (Lipinski definition) is 3. The van der Waals surface area contributed by atoms with E-state index in [-0.39, 0.29) is 6.10 Å². The summed E-state index contributed by atoms with van der Waals surface area (Å²) in [5, 5.41) is 10.9. The van der Waals surface area contributed by atoms with Gasteiger partial charge in [0, 0.05) is 15.7 Å². The molecule has 0 spiro atoms. The average molecular weight is 323 g/mol. The summed E-state index contributed by atoms with van der Waals surface area (Å²) < 4.78 is 5.59. The van der Waals surface area contributed by atoms with Crippen LogP contribution in [0, 0.1) is 0 Å². The van der Waals surface area contributed by atoms with Gasteiger partial charge in [0.05, 0.1) is 12.2 Å². The van der Waals surface area contributed by atoms with Crippen molar-refractivity contribution in [2.24, 2.45) is 0 Å². The molecule has 0 saturated carbocycles. The van der Waals surface area contributed by atoms with Gasteiger partial charge >= 0.3 is 0 Å². The van der Waals surface area contributed by atoms with E-state index in [1.54, 1.807) is 11.8 Å². The van der Waals surface area contributed by atoms with Crippen molar-refractivity contribution in [2.45, 2.75) is 31.0 Å². The molecular weight excluding hydrogens is 304 g/mol. The van der Waals surface area contributed by atoms with Crippen LogP contribution in [0.3, 0.4) is 0 Å². The van der Waals surface area contributed by atoms with Crippen LogP contribution >= 0.6 is 23.4 Å². The Bertz CT molecular complexity index is 552. The monoisotopic (exact) mass is 322 g/mol. The number of rotatable bonds is 6. The molecule has 1 unspecified atom stereocenters. The second-order valence-corrected chi connectivity index (χ2v) is 6.55. The molecule has 0 aliphatic carbocycles. The Labute approximate surface area is 135 Å². The maximum absolute atomic E-state index is 10.2. The Morgan fingerprint density at radius 2 is 1.67 bits per heavy atom. The Kier molecular flexibility index (Phi) is 5.97. The fourth-order valence-corrected chi connectivity index (χ4v) is 2.84. The lowest BCUT2D eigenvalue weighted by molar-refractivity contribution is 0.203. The summed E-state index contributed by atoms with van der Waals surface area (Å²) in [6.45, 7) is 3.98. The topological polar surface area (TPSA) is 29.5 Å². The van der Waals surface area contributed by atoms with E-state index >= 15 is 0 Å². The van der Waals surface area contributed by atoms with Gasteiger partial charge in [-0.3, -0.25) is 0 Å². The van der Waals surface area contributed by atoms with E-state index in [1.807, 2.05) is 62.4 Å². The molecule has 2 nitrogen and oxygen atoms in total. The molecule has 0 fully saturated rings. The summed E-state index contributed by atoms with van der Waals surface area (Å²) in [4.78, 5) is 1.10. The molecule has 0 amide bonds. The largest absolute Gasteiger partial charge is 0.491 e. The number of thioether (sulfide) groups is 1. The van der Waals surface area contributed by atoms with E-state index in [4.69, 9.17) is 16.3 Å². The first-order chi connectivity index (χ1) is 10.0. The first kappa shape index (κ1) is 16.2. The highest BCUT2D eigenvalue weighted by atomic mass is 35.5. The number of benzene rings is 2. The fourth-order valence-electron chi connectivity index (χ4n) is 1.84. The van der Waals surface area contributed by atoms with Crippen molar-refractivity contribution in [3.63, 3.8) is 0 Å². The number of halogens is 1. The fraction of sp³-hybridized carbons (Fsp3) is 0.294. The Morgan fingerprint density at radius 1 is 1.05 bits per heavy atom. The second-order valence-electron chi connectivity index (χ2n) is 5.02.